The van der Waals surface area contributed by atoms with Crippen LogP contribution in [0.5, 0.6) is 0 Å². The van der Waals surface area contributed by atoms with E-state index in [0.717, 1.165) is 0 Å². The molecule has 1 aromatic rings. The number of thioether (sulfide) groups is 2. The summed E-state index contributed by atoms with van der Waals surface area (Å²) < 4.78 is 1.53. The van der Waals surface area contributed by atoms with E-state index in [1.807, 2.05) is 0 Å². The van der Waals surface area contributed by atoms with Crippen molar-refractivity contribution in [2.45, 2.75) is 48.4 Å². The summed E-state index contributed by atoms with van der Waals surface area (Å²) in [6.45, 7) is 4.04. The molecule has 186 valence electrons. The molecule has 0 saturated carbocycles. The zero-order valence-electron chi connectivity index (χ0n) is 18.1. The quantitative estimate of drug-likeness (QED) is 0.134. The van der Waals surface area contributed by atoms with Crippen LogP contribution >= 0.6 is 23.5 Å². The summed E-state index contributed by atoms with van der Waals surface area (Å²) in [5.41, 5.74) is 5.88. The summed E-state index contributed by atoms with van der Waals surface area (Å²) in [5, 5.41) is 32.5. The van der Waals surface area contributed by atoms with Gasteiger partial charge in [-0.05, 0) is 28.8 Å². The van der Waals surface area contributed by atoms with Crippen LogP contribution < -0.4 is 17.2 Å². The molecule has 14 nitrogen and oxygen atoms in total. The van der Waals surface area contributed by atoms with Gasteiger partial charge in [0.1, 0.15) is 23.2 Å². The van der Waals surface area contributed by atoms with Crippen LogP contribution in [0.3, 0.4) is 0 Å². The molecule has 2 amide bonds. The Morgan fingerprint density at radius 2 is 2.12 bits per heavy atom. The molecule has 3 atom stereocenters. The normalized spacial score (nSPS) is 20.0. The second-order valence-electron chi connectivity index (χ2n) is 7.27. The Balaban J connectivity index is 0.00000408. The number of carboxylic acid groups (broad SMARTS) is 2. The first-order valence-electron chi connectivity index (χ1n) is 9.92. The summed E-state index contributed by atoms with van der Waals surface area (Å²) in [7, 11) is 0. The number of nitrogens with zero attached hydrogens (tertiary/aromatic N) is 5. The number of nitrogens with one attached hydrogen (secondary N) is 1. The highest BCUT2D eigenvalue weighted by atomic mass is 32.2. The number of β-lactam (4-membered cyclic amide) rings is 1. The molecule has 2 aliphatic heterocycles. The molecule has 3 heterocycles. The van der Waals surface area contributed by atoms with Gasteiger partial charge in [0.15, 0.2) is 0 Å². The van der Waals surface area contributed by atoms with E-state index in [2.05, 4.69) is 27.4 Å². The minimum absolute atomic E-state index is 0. The number of allylic oxidation sites excluding steroid dienone is 1. The van der Waals surface area contributed by atoms with E-state index < -0.39 is 41.2 Å². The lowest BCUT2D eigenvalue weighted by atomic mass is 10.0. The lowest BCUT2D eigenvalue weighted by Gasteiger charge is -2.49. The van der Waals surface area contributed by atoms with E-state index in [9.17, 15) is 24.3 Å². The van der Waals surface area contributed by atoms with Gasteiger partial charge in [-0.25, -0.2) is 9.48 Å². The Labute approximate surface area is 202 Å². The molecule has 2 unspecified atom stereocenters. The van der Waals surface area contributed by atoms with Crippen molar-refractivity contribution in [3.63, 3.8) is 0 Å². The molecule has 34 heavy (non-hydrogen) atoms. The third-order valence-corrected chi connectivity index (χ3v) is 7.36. The van der Waals surface area contributed by atoms with Crippen LogP contribution in [-0.2, 0) is 25.7 Å². The number of tetrazole rings is 1. The fourth-order valence-electron chi connectivity index (χ4n) is 3.33. The number of rotatable bonds is 12. The van der Waals surface area contributed by atoms with Gasteiger partial charge in [-0.3, -0.25) is 19.3 Å². The first-order valence-corrected chi connectivity index (χ1v) is 12.0. The standard InChI is InChI=1S/C18H23N7O6S2.H3N/c1-2-6-24-18(21-22-23-24)33-8-9-7-32-15-12(14(27)25(15)13(9)17(30)31)20-11(26)5-3-4-10(19)16(28)29;/h2,10,12,15H,1,3-8,19H2,(H,20,26)(H,28,29)(H,30,31);1H3/t10?,12?,15-;/m0./s1. The molecule has 0 aliphatic carbocycles. The molecular formula is C18H26N8O6S2. The summed E-state index contributed by atoms with van der Waals surface area (Å²) in [6, 6.07) is -1.88. The van der Waals surface area contributed by atoms with Crippen LogP contribution in [0.1, 0.15) is 19.3 Å². The first-order chi connectivity index (χ1) is 15.7. The average Bonchev–Trinajstić information content (AvgIpc) is 3.22. The molecule has 2 aliphatic rings. The van der Waals surface area contributed by atoms with E-state index in [4.69, 9.17) is 10.8 Å². The molecule has 0 bridgehead atoms. The van der Waals surface area contributed by atoms with Gasteiger partial charge in [-0.2, -0.15) is 0 Å². The first kappa shape index (κ1) is 27.3. The monoisotopic (exact) mass is 514 g/mol. The summed E-state index contributed by atoms with van der Waals surface area (Å²) in [6.07, 6.45) is 2.05. The molecule has 1 saturated heterocycles. The Morgan fingerprint density at radius 3 is 2.76 bits per heavy atom. The number of fused-ring (bicyclic) bond motifs is 1. The van der Waals surface area contributed by atoms with Crippen molar-refractivity contribution in [1.82, 2.24) is 36.6 Å². The number of hydrogen-bond donors (Lipinski definition) is 5. The smallest absolute Gasteiger partial charge is 0.352 e. The second kappa shape index (κ2) is 12.0. The lowest BCUT2D eigenvalue weighted by molar-refractivity contribution is -0.150. The highest BCUT2D eigenvalue weighted by molar-refractivity contribution is 8.01. The van der Waals surface area contributed by atoms with Crippen LogP contribution in [0, 0.1) is 0 Å². The zero-order chi connectivity index (χ0) is 24.1. The maximum absolute atomic E-state index is 12.7. The molecule has 1 aromatic heterocycles. The maximum Gasteiger partial charge on any atom is 0.352 e. The van der Waals surface area contributed by atoms with Crippen molar-refractivity contribution >= 4 is 47.3 Å². The van der Waals surface area contributed by atoms with Gasteiger partial charge in [0.25, 0.3) is 5.91 Å². The number of carbonyl (C=O) groups excluding carboxylic acids is 2. The Morgan fingerprint density at radius 1 is 1.38 bits per heavy atom. The number of carboxylic acids is 2. The maximum atomic E-state index is 12.7. The topological polar surface area (TPSA) is 229 Å². The van der Waals surface area contributed by atoms with Crippen molar-refractivity contribution in [2.75, 3.05) is 11.5 Å². The van der Waals surface area contributed by atoms with E-state index in [0.29, 0.717) is 23.0 Å². The predicted molar refractivity (Wildman–Crippen MR) is 123 cm³/mol. The Hall–Kier alpha value is -2.95. The summed E-state index contributed by atoms with van der Waals surface area (Å²) in [5.74, 6) is -2.63. The number of aliphatic carboxylic acids is 2. The molecule has 1 fully saturated rings. The van der Waals surface area contributed by atoms with E-state index in [1.165, 1.54) is 33.1 Å². The molecule has 0 aromatic carbocycles. The molecular weight excluding hydrogens is 488 g/mol. The minimum atomic E-state index is -1.22. The van der Waals surface area contributed by atoms with Gasteiger partial charge in [-0.15, -0.1) is 23.4 Å². The zero-order valence-corrected chi connectivity index (χ0v) is 19.8. The van der Waals surface area contributed by atoms with Gasteiger partial charge in [-0.1, -0.05) is 17.8 Å². The molecule has 0 spiro atoms. The highest BCUT2D eigenvalue weighted by Gasteiger charge is 2.54. The lowest BCUT2D eigenvalue weighted by Crippen LogP contribution is -2.70. The number of amides is 2. The van der Waals surface area contributed by atoms with Crippen LogP contribution in [-0.4, -0.2) is 88.0 Å². The average molecular weight is 515 g/mol. The Kier molecular flexibility index (Phi) is 9.60. The van der Waals surface area contributed by atoms with Crippen molar-refractivity contribution in [1.29, 1.82) is 0 Å². The number of aromatic nitrogens is 4. The van der Waals surface area contributed by atoms with Crippen LogP contribution in [0.25, 0.3) is 0 Å². The molecule has 16 heteroatoms. The number of hydrogen-bond acceptors (Lipinski definition) is 11. The summed E-state index contributed by atoms with van der Waals surface area (Å²) in [4.78, 5) is 48.7. The van der Waals surface area contributed by atoms with Crippen LogP contribution in [0.4, 0.5) is 0 Å². The van der Waals surface area contributed by atoms with Crippen molar-refractivity contribution in [2.24, 2.45) is 5.73 Å². The number of nitrogens with two attached hydrogens (primary N) is 1. The SMILES string of the molecule is C=CCn1nnnc1SCC1=C(C(=O)O)N2C(=O)C(NC(=O)CCCC(N)C(=O)O)[C@@H]2SC1.N. The van der Waals surface area contributed by atoms with Crippen molar-refractivity contribution in [3.05, 3.63) is 23.9 Å². The largest absolute Gasteiger partial charge is 0.480 e. The van der Waals surface area contributed by atoms with Crippen LogP contribution in [0.2, 0.25) is 0 Å². The molecule has 3 rings (SSSR count). The third-order valence-electron chi connectivity index (χ3n) is 4.98. The Bertz CT molecular complexity index is 999. The molecule has 8 N–H and O–H groups in total. The fraction of sp³-hybridized carbons (Fsp3) is 0.500. The van der Waals surface area contributed by atoms with Gasteiger partial charge in [0.2, 0.25) is 11.1 Å². The van der Waals surface area contributed by atoms with E-state index >= 15 is 0 Å². The minimum Gasteiger partial charge on any atom is -0.480 e. The highest BCUT2D eigenvalue weighted by Crippen LogP contribution is 2.41. The third kappa shape index (κ3) is 5.94. The van der Waals surface area contributed by atoms with E-state index in [-0.39, 0.29) is 36.9 Å². The fourth-order valence-corrected chi connectivity index (χ4v) is 5.71. The van der Waals surface area contributed by atoms with Gasteiger partial charge in [0.05, 0.1) is 6.54 Å². The van der Waals surface area contributed by atoms with Gasteiger partial charge in [0, 0.05) is 17.9 Å². The van der Waals surface area contributed by atoms with Crippen molar-refractivity contribution < 1.29 is 29.4 Å². The van der Waals surface area contributed by atoms with Crippen LogP contribution in [0.15, 0.2) is 29.1 Å². The summed E-state index contributed by atoms with van der Waals surface area (Å²) >= 11 is 2.62. The van der Waals surface area contributed by atoms with Crippen molar-refractivity contribution in [3.8, 4) is 0 Å². The van der Waals surface area contributed by atoms with E-state index in [1.54, 1.807) is 6.08 Å². The molecule has 0 radical (unpaired) electrons. The predicted octanol–water partition coefficient (Wildman–Crippen LogP) is -0.566. The van der Waals surface area contributed by atoms with Gasteiger partial charge >= 0.3 is 11.9 Å². The van der Waals surface area contributed by atoms with Gasteiger partial charge < -0.3 is 27.4 Å². The number of carbonyl (C=O) groups is 4. The second-order valence-corrected chi connectivity index (χ2v) is 9.32.